The fraction of sp³-hybridized carbons (Fsp3) is 0.250. The van der Waals surface area contributed by atoms with E-state index < -0.39 is 0 Å². The smallest absolute Gasteiger partial charge is 0.141 e. The molecule has 2 aromatic carbocycles. The number of para-hydroxylation sites is 2. The molecule has 0 saturated heterocycles. The molecule has 0 aliphatic carbocycles. The van der Waals surface area contributed by atoms with Crippen LogP contribution in [0.5, 0.6) is 11.5 Å². The van der Waals surface area contributed by atoms with Crippen LogP contribution in [0.15, 0.2) is 60.7 Å². The quantitative estimate of drug-likeness (QED) is 0.787. The third-order valence-corrected chi connectivity index (χ3v) is 2.21. The van der Waals surface area contributed by atoms with Crippen LogP contribution in [0.2, 0.25) is 0 Å². The summed E-state index contributed by atoms with van der Waals surface area (Å²) in [6.45, 7) is 0.629. The Morgan fingerprint density at radius 2 is 1.26 bits per heavy atom. The van der Waals surface area contributed by atoms with Crippen LogP contribution in [0.1, 0.15) is 0 Å². The Morgan fingerprint density at radius 1 is 0.789 bits per heavy atom. The van der Waals surface area contributed by atoms with E-state index in [4.69, 9.17) is 9.47 Å². The van der Waals surface area contributed by atoms with Crippen molar-refractivity contribution in [2.75, 3.05) is 27.9 Å². The summed E-state index contributed by atoms with van der Waals surface area (Å²) >= 11 is 0. The van der Waals surface area contributed by atoms with Gasteiger partial charge in [0.25, 0.3) is 0 Å². The number of hydrogen-bond acceptors (Lipinski definition) is 3. The van der Waals surface area contributed by atoms with Crippen molar-refractivity contribution in [1.82, 2.24) is 4.90 Å². The van der Waals surface area contributed by atoms with E-state index in [1.165, 1.54) is 0 Å². The van der Waals surface area contributed by atoms with Gasteiger partial charge in [-0.15, -0.1) is 0 Å². The Kier molecular flexibility index (Phi) is 7.13. The summed E-state index contributed by atoms with van der Waals surface area (Å²) in [6, 6.07) is 19.5. The van der Waals surface area contributed by atoms with Gasteiger partial charge in [0, 0.05) is 0 Å². The molecule has 0 bridgehead atoms. The zero-order valence-electron chi connectivity index (χ0n) is 11.7. The zero-order valence-corrected chi connectivity index (χ0v) is 11.7. The topological polar surface area (TPSA) is 21.7 Å². The van der Waals surface area contributed by atoms with Crippen molar-refractivity contribution in [3.63, 3.8) is 0 Å². The average Bonchev–Trinajstić information content (AvgIpc) is 2.48. The zero-order chi connectivity index (χ0) is 13.9. The van der Waals surface area contributed by atoms with Crippen LogP contribution in [0.25, 0.3) is 0 Å². The number of rotatable bonds is 4. The Balaban J connectivity index is 0.000000200. The number of nitrogens with zero attached hydrogens (tertiary/aromatic N) is 1. The second kappa shape index (κ2) is 9.00. The van der Waals surface area contributed by atoms with Crippen LogP contribution in [-0.4, -0.2) is 32.8 Å². The molecule has 3 heteroatoms. The van der Waals surface area contributed by atoms with Crippen LogP contribution in [0.4, 0.5) is 0 Å². The molecule has 0 fully saturated rings. The molecule has 0 aliphatic rings. The molecular weight excluding hydrogens is 238 g/mol. The van der Waals surface area contributed by atoms with E-state index >= 15 is 0 Å². The molecule has 19 heavy (non-hydrogen) atoms. The van der Waals surface area contributed by atoms with Gasteiger partial charge in [0.1, 0.15) is 18.2 Å². The molecule has 102 valence electrons. The van der Waals surface area contributed by atoms with Crippen LogP contribution in [0.3, 0.4) is 0 Å². The highest BCUT2D eigenvalue weighted by Crippen LogP contribution is 2.07. The van der Waals surface area contributed by atoms with Crippen molar-refractivity contribution < 1.29 is 9.47 Å². The minimum absolute atomic E-state index is 0.629. The van der Waals surface area contributed by atoms with E-state index in [1.807, 2.05) is 79.7 Å². The van der Waals surface area contributed by atoms with Gasteiger partial charge in [-0.1, -0.05) is 36.4 Å². The number of ether oxygens (including phenoxy) is 2. The standard InChI is InChI=1S/C9H13NO.C7H8O/c1-10(2)8-11-9-6-4-3-5-7-9;1-8-7-5-3-2-4-6-7/h3-7H,8H2,1-2H3;2-6H,1H3. The van der Waals surface area contributed by atoms with Gasteiger partial charge in [-0.25, -0.2) is 0 Å². The van der Waals surface area contributed by atoms with Crippen molar-refractivity contribution >= 4 is 0 Å². The predicted octanol–water partition coefficient (Wildman–Crippen LogP) is 3.28. The minimum Gasteiger partial charge on any atom is -0.497 e. The summed E-state index contributed by atoms with van der Waals surface area (Å²) in [5.41, 5.74) is 0. The van der Waals surface area contributed by atoms with Crippen LogP contribution in [0, 0.1) is 0 Å². The van der Waals surface area contributed by atoms with E-state index in [2.05, 4.69) is 0 Å². The lowest BCUT2D eigenvalue weighted by molar-refractivity contribution is 0.179. The Labute approximate surface area is 115 Å². The summed E-state index contributed by atoms with van der Waals surface area (Å²) in [6.07, 6.45) is 0. The predicted molar refractivity (Wildman–Crippen MR) is 78.6 cm³/mol. The third-order valence-electron chi connectivity index (χ3n) is 2.21. The van der Waals surface area contributed by atoms with Crippen molar-refractivity contribution in [1.29, 1.82) is 0 Å². The molecule has 0 aliphatic heterocycles. The Bertz CT molecular complexity index is 429. The van der Waals surface area contributed by atoms with E-state index in [9.17, 15) is 0 Å². The summed E-state index contributed by atoms with van der Waals surface area (Å²) in [5.74, 6) is 1.83. The van der Waals surface area contributed by atoms with Crippen LogP contribution < -0.4 is 9.47 Å². The first-order valence-corrected chi connectivity index (χ1v) is 6.14. The normalized spacial score (nSPS) is 9.47. The SMILES string of the molecule is CN(C)COc1ccccc1.COc1ccccc1. The minimum atomic E-state index is 0.629. The molecule has 0 aromatic heterocycles. The van der Waals surface area contributed by atoms with Crippen molar-refractivity contribution in [2.45, 2.75) is 0 Å². The van der Waals surface area contributed by atoms with Gasteiger partial charge in [-0.3, -0.25) is 4.90 Å². The van der Waals surface area contributed by atoms with Gasteiger partial charge in [-0.2, -0.15) is 0 Å². The molecule has 0 radical (unpaired) electrons. The fourth-order valence-electron chi connectivity index (χ4n) is 1.28. The molecule has 0 spiro atoms. The lowest BCUT2D eigenvalue weighted by atomic mass is 10.3. The van der Waals surface area contributed by atoms with E-state index in [1.54, 1.807) is 7.11 Å². The summed E-state index contributed by atoms with van der Waals surface area (Å²) in [5, 5.41) is 0. The van der Waals surface area contributed by atoms with Crippen molar-refractivity contribution in [3.05, 3.63) is 60.7 Å². The first-order chi connectivity index (χ1) is 9.22. The fourth-order valence-corrected chi connectivity index (χ4v) is 1.28. The Morgan fingerprint density at radius 3 is 1.63 bits per heavy atom. The van der Waals surface area contributed by atoms with Crippen LogP contribution >= 0.6 is 0 Å². The maximum Gasteiger partial charge on any atom is 0.141 e. The first kappa shape index (κ1) is 15.1. The summed E-state index contributed by atoms with van der Waals surface area (Å²) in [4.78, 5) is 1.98. The van der Waals surface area contributed by atoms with E-state index in [0.29, 0.717) is 6.73 Å². The molecule has 0 N–H and O–H groups in total. The van der Waals surface area contributed by atoms with Gasteiger partial charge in [0.15, 0.2) is 0 Å². The van der Waals surface area contributed by atoms with Crippen LogP contribution in [-0.2, 0) is 0 Å². The maximum atomic E-state index is 5.39. The molecule has 0 amide bonds. The van der Waals surface area contributed by atoms with Gasteiger partial charge in [-0.05, 0) is 38.4 Å². The highest BCUT2D eigenvalue weighted by molar-refractivity contribution is 5.21. The van der Waals surface area contributed by atoms with E-state index in [0.717, 1.165) is 11.5 Å². The van der Waals surface area contributed by atoms with E-state index in [-0.39, 0.29) is 0 Å². The third kappa shape index (κ3) is 7.11. The maximum absolute atomic E-state index is 5.39. The lowest BCUT2D eigenvalue weighted by Crippen LogP contribution is -2.18. The number of methoxy groups -OCH3 is 1. The average molecular weight is 259 g/mol. The lowest BCUT2D eigenvalue weighted by Gasteiger charge is -2.10. The summed E-state index contributed by atoms with van der Waals surface area (Å²) < 4.78 is 10.3. The molecule has 3 nitrogen and oxygen atoms in total. The van der Waals surface area contributed by atoms with Gasteiger partial charge in [0.05, 0.1) is 7.11 Å². The number of hydrogen-bond donors (Lipinski definition) is 0. The molecule has 0 saturated carbocycles. The molecule has 0 unspecified atom stereocenters. The number of benzene rings is 2. The Hall–Kier alpha value is -2.00. The van der Waals surface area contributed by atoms with Gasteiger partial charge >= 0.3 is 0 Å². The molecule has 0 heterocycles. The second-order valence-corrected chi connectivity index (χ2v) is 4.18. The van der Waals surface area contributed by atoms with Gasteiger partial charge < -0.3 is 9.47 Å². The largest absolute Gasteiger partial charge is 0.497 e. The molecule has 2 rings (SSSR count). The molecular formula is C16H21NO2. The second-order valence-electron chi connectivity index (χ2n) is 4.18. The molecule has 0 atom stereocenters. The summed E-state index contributed by atoms with van der Waals surface area (Å²) in [7, 11) is 5.61. The van der Waals surface area contributed by atoms with Crippen molar-refractivity contribution in [2.24, 2.45) is 0 Å². The van der Waals surface area contributed by atoms with Gasteiger partial charge in [0.2, 0.25) is 0 Å². The van der Waals surface area contributed by atoms with Crippen molar-refractivity contribution in [3.8, 4) is 11.5 Å². The molecule has 2 aromatic rings. The highest BCUT2D eigenvalue weighted by atomic mass is 16.5. The monoisotopic (exact) mass is 259 g/mol. The highest BCUT2D eigenvalue weighted by Gasteiger charge is 1.90. The first-order valence-electron chi connectivity index (χ1n) is 6.14.